The van der Waals surface area contributed by atoms with Crippen molar-refractivity contribution in [1.82, 2.24) is 20.1 Å². The van der Waals surface area contributed by atoms with E-state index in [1.54, 1.807) is 12.3 Å². The number of morpholine rings is 1. The minimum absolute atomic E-state index is 0.0422. The van der Waals surface area contributed by atoms with Crippen LogP contribution in [0.4, 0.5) is 5.69 Å². The number of ether oxygens (including phenoxy) is 2. The van der Waals surface area contributed by atoms with E-state index >= 15 is 0 Å². The number of methoxy groups -OCH3 is 1. The van der Waals surface area contributed by atoms with Crippen molar-refractivity contribution in [2.75, 3.05) is 46.5 Å². The molecule has 0 saturated carbocycles. The van der Waals surface area contributed by atoms with Crippen LogP contribution in [0, 0.1) is 10.1 Å². The van der Waals surface area contributed by atoms with Gasteiger partial charge in [0.05, 0.1) is 48.6 Å². The summed E-state index contributed by atoms with van der Waals surface area (Å²) in [6, 6.07) is 13.7. The molecular weight excluding hydrogens is 494 g/mol. The van der Waals surface area contributed by atoms with E-state index in [1.165, 1.54) is 19.2 Å². The van der Waals surface area contributed by atoms with Gasteiger partial charge in [-0.15, -0.1) is 0 Å². The van der Waals surface area contributed by atoms with Gasteiger partial charge in [0.25, 0.3) is 5.69 Å². The Morgan fingerprint density at radius 1 is 1.19 bits per heavy atom. The summed E-state index contributed by atoms with van der Waals surface area (Å²) in [5, 5.41) is 15.3. The molecule has 194 valence electrons. The van der Waals surface area contributed by atoms with Crippen LogP contribution < -0.4 is 10.1 Å². The summed E-state index contributed by atoms with van der Waals surface area (Å²) in [7, 11) is 1.49. The molecule has 2 atom stereocenters. The molecule has 37 heavy (non-hydrogen) atoms. The van der Waals surface area contributed by atoms with Crippen molar-refractivity contribution in [3.63, 3.8) is 0 Å². The van der Waals surface area contributed by atoms with Gasteiger partial charge < -0.3 is 24.1 Å². The molecule has 2 aliphatic heterocycles. The maximum absolute atomic E-state index is 11.2. The van der Waals surface area contributed by atoms with Crippen LogP contribution in [-0.4, -0.2) is 71.3 Å². The highest BCUT2D eigenvalue weighted by Crippen LogP contribution is 2.42. The molecule has 11 heteroatoms. The second kappa shape index (κ2) is 11.2. The van der Waals surface area contributed by atoms with E-state index in [1.807, 2.05) is 30.3 Å². The highest BCUT2D eigenvalue weighted by Gasteiger charge is 2.41. The summed E-state index contributed by atoms with van der Waals surface area (Å²) in [4.78, 5) is 19.9. The summed E-state index contributed by atoms with van der Waals surface area (Å²) in [5.74, 6) is 1.66. The Morgan fingerprint density at radius 3 is 2.76 bits per heavy atom. The Bertz CT molecular complexity index is 1250. The summed E-state index contributed by atoms with van der Waals surface area (Å²) >= 11 is 5.77. The van der Waals surface area contributed by atoms with Gasteiger partial charge in [0.15, 0.2) is 5.11 Å². The van der Waals surface area contributed by atoms with Crippen molar-refractivity contribution in [3.8, 4) is 17.1 Å². The molecule has 5 rings (SSSR count). The first-order valence-electron chi connectivity index (χ1n) is 12.3. The number of thiocarbonyl (C=S) groups is 1. The fraction of sp³-hybridized carbons (Fsp3) is 0.385. The van der Waals surface area contributed by atoms with Crippen molar-refractivity contribution >= 4 is 23.0 Å². The smallest absolute Gasteiger partial charge is 0.273 e. The Morgan fingerprint density at radius 2 is 2.03 bits per heavy atom. The zero-order valence-corrected chi connectivity index (χ0v) is 21.4. The van der Waals surface area contributed by atoms with Crippen molar-refractivity contribution in [3.05, 3.63) is 76.3 Å². The number of nitro benzene ring substituents is 1. The van der Waals surface area contributed by atoms with Crippen LogP contribution in [-0.2, 0) is 4.74 Å². The number of aromatic nitrogens is 1. The Balaban J connectivity index is 1.42. The van der Waals surface area contributed by atoms with Gasteiger partial charge in [0.2, 0.25) is 0 Å². The summed E-state index contributed by atoms with van der Waals surface area (Å²) < 4.78 is 17.3. The number of furan rings is 1. The van der Waals surface area contributed by atoms with Gasteiger partial charge in [-0.05, 0) is 49.0 Å². The van der Waals surface area contributed by atoms with Gasteiger partial charge in [0.1, 0.15) is 23.3 Å². The largest absolute Gasteiger partial charge is 0.496 e. The van der Waals surface area contributed by atoms with Crippen molar-refractivity contribution < 1.29 is 18.8 Å². The van der Waals surface area contributed by atoms with E-state index in [0.717, 1.165) is 57.3 Å². The molecule has 0 aliphatic carbocycles. The molecule has 1 N–H and O–H groups in total. The maximum Gasteiger partial charge on any atom is 0.273 e. The van der Waals surface area contributed by atoms with E-state index in [0.29, 0.717) is 22.2 Å². The van der Waals surface area contributed by atoms with Gasteiger partial charge in [-0.2, -0.15) is 0 Å². The number of benzene rings is 1. The van der Waals surface area contributed by atoms with Gasteiger partial charge in [0, 0.05) is 38.4 Å². The second-order valence-corrected chi connectivity index (χ2v) is 9.36. The Hall–Kier alpha value is -3.54. The SMILES string of the molecule is COc1cc([N+](=O)[O-])ccc1-c1ccc([C@H]2[C@H](c3ccccn3)NC(=S)N2CCCN2CCOCC2)o1. The highest BCUT2D eigenvalue weighted by molar-refractivity contribution is 7.80. The summed E-state index contributed by atoms with van der Waals surface area (Å²) in [6.45, 7) is 5.16. The molecule has 1 aromatic carbocycles. The maximum atomic E-state index is 11.2. The number of non-ortho nitro benzene ring substituents is 1. The van der Waals surface area contributed by atoms with Crippen molar-refractivity contribution in [1.29, 1.82) is 0 Å². The van der Waals surface area contributed by atoms with Gasteiger partial charge in [-0.25, -0.2) is 0 Å². The molecule has 2 aliphatic rings. The molecule has 0 spiro atoms. The van der Waals surface area contributed by atoms with Crippen molar-refractivity contribution in [2.45, 2.75) is 18.5 Å². The molecule has 0 radical (unpaired) electrons. The quantitative estimate of drug-likeness (QED) is 0.252. The zero-order chi connectivity index (χ0) is 25.8. The number of nitrogens with zero attached hydrogens (tertiary/aromatic N) is 4. The predicted molar refractivity (Wildman–Crippen MR) is 141 cm³/mol. The fourth-order valence-corrected chi connectivity index (χ4v) is 5.23. The lowest BCUT2D eigenvalue weighted by Crippen LogP contribution is -2.38. The first-order valence-corrected chi connectivity index (χ1v) is 12.7. The van der Waals surface area contributed by atoms with E-state index in [2.05, 4.69) is 20.1 Å². The number of rotatable bonds is 9. The number of hydrogen-bond acceptors (Lipinski definition) is 8. The molecule has 2 saturated heterocycles. The average Bonchev–Trinajstić information content (AvgIpc) is 3.54. The van der Waals surface area contributed by atoms with E-state index in [4.69, 9.17) is 26.1 Å². The number of pyridine rings is 1. The van der Waals surface area contributed by atoms with Crippen LogP contribution in [0.5, 0.6) is 5.75 Å². The summed E-state index contributed by atoms with van der Waals surface area (Å²) in [5.41, 5.74) is 1.47. The van der Waals surface area contributed by atoms with Crippen molar-refractivity contribution in [2.24, 2.45) is 0 Å². The zero-order valence-electron chi connectivity index (χ0n) is 20.5. The standard InChI is InChI=1S/C26H29N5O5S/c1-34-23-17-18(31(32)33)6-7-19(23)21-8-9-22(36-21)25-24(20-5-2-3-10-27-20)28-26(37)30(25)12-4-11-29-13-15-35-16-14-29/h2-3,5-10,17,24-25H,4,11-16H2,1H3,(H,28,37)/t24-,25-/m0/s1. The number of nitrogens with one attached hydrogen (secondary N) is 1. The van der Waals surface area contributed by atoms with Crippen LogP contribution >= 0.6 is 12.2 Å². The van der Waals surface area contributed by atoms with E-state index < -0.39 is 4.92 Å². The van der Waals surface area contributed by atoms with Crippen LogP contribution in [0.3, 0.4) is 0 Å². The van der Waals surface area contributed by atoms with Gasteiger partial charge in [-0.3, -0.25) is 20.0 Å². The third-order valence-electron chi connectivity index (χ3n) is 6.75. The molecule has 0 unspecified atom stereocenters. The van der Waals surface area contributed by atoms with E-state index in [9.17, 15) is 10.1 Å². The lowest BCUT2D eigenvalue weighted by molar-refractivity contribution is -0.384. The van der Waals surface area contributed by atoms with Crippen LogP contribution in [0.2, 0.25) is 0 Å². The normalized spacial score (nSPS) is 20.1. The molecule has 2 fully saturated rings. The van der Waals surface area contributed by atoms with Crippen LogP contribution in [0.15, 0.2) is 59.1 Å². The fourth-order valence-electron chi connectivity index (χ4n) is 4.90. The highest BCUT2D eigenvalue weighted by atomic mass is 32.1. The topological polar surface area (TPSA) is 106 Å². The minimum atomic E-state index is -0.447. The van der Waals surface area contributed by atoms with E-state index in [-0.39, 0.29) is 17.8 Å². The molecule has 2 aromatic heterocycles. The van der Waals surface area contributed by atoms with Crippen LogP contribution in [0.1, 0.15) is 30.0 Å². The third kappa shape index (κ3) is 5.43. The third-order valence-corrected chi connectivity index (χ3v) is 7.11. The second-order valence-electron chi connectivity index (χ2n) is 8.97. The number of hydrogen-bond donors (Lipinski definition) is 1. The minimum Gasteiger partial charge on any atom is -0.496 e. The van der Waals surface area contributed by atoms with Crippen LogP contribution in [0.25, 0.3) is 11.3 Å². The summed E-state index contributed by atoms with van der Waals surface area (Å²) in [6.07, 6.45) is 2.71. The lowest BCUT2D eigenvalue weighted by Gasteiger charge is -2.29. The average molecular weight is 524 g/mol. The molecule has 4 heterocycles. The first kappa shape index (κ1) is 25.1. The molecular formula is C26H29N5O5S. The number of nitro groups is 1. The molecule has 10 nitrogen and oxygen atoms in total. The predicted octanol–water partition coefficient (Wildman–Crippen LogP) is 3.95. The Labute approximate surface area is 220 Å². The molecule has 3 aromatic rings. The van der Waals surface area contributed by atoms with Gasteiger partial charge in [-0.1, -0.05) is 6.07 Å². The first-order chi connectivity index (χ1) is 18.0. The van der Waals surface area contributed by atoms with Gasteiger partial charge >= 0.3 is 0 Å². The molecule has 0 amide bonds. The monoisotopic (exact) mass is 523 g/mol. The Kier molecular flexibility index (Phi) is 7.63. The molecule has 0 bridgehead atoms. The lowest BCUT2D eigenvalue weighted by atomic mass is 10.0.